The quantitative estimate of drug-likeness (QED) is 0.506. The molecule has 0 spiro atoms. The number of nitrogens with zero attached hydrogens (tertiary/aromatic N) is 4. The third kappa shape index (κ3) is 2.61. The summed E-state index contributed by atoms with van der Waals surface area (Å²) in [5, 5.41) is 27.7. The van der Waals surface area contributed by atoms with Gasteiger partial charge in [-0.05, 0) is 18.6 Å². The van der Waals surface area contributed by atoms with Crippen LogP contribution < -0.4 is 11.5 Å². The third-order valence-electron chi connectivity index (χ3n) is 3.75. The zero-order chi connectivity index (χ0) is 15.0. The van der Waals surface area contributed by atoms with Crippen LogP contribution in [0.25, 0.3) is 11.2 Å². The number of hydrogen-bond acceptors (Lipinski definition) is 8. The molecule has 2 aromatic heterocycles. The molecule has 21 heavy (non-hydrogen) atoms. The lowest BCUT2D eigenvalue weighted by Gasteiger charge is -2.39. The van der Waals surface area contributed by atoms with Gasteiger partial charge in [-0.2, -0.15) is 0 Å². The molecule has 3 rings (SSSR count). The first-order valence-electron chi connectivity index (χ1n) is 6.71. The van der Waals surface area contributed by atoms with Crippen molar-refractivity contribution in [2.45, 2.75) is 43.5 Å². The van der Waals surface area contributed by atoms with Gasteiger partial charge in [0, 0.05) is 18.3 Å². The molecule has 0 saturated heterocycles. The fourth-order valence-electron chi connectivity index (χ4n) is 2.56. The van der Waals surface area contributed by atoms with E-state index in [-0.39, 0.29) is 6.73 Å². The molecule has 1 fully saturated rings. The Kier molecular flexibility index (Phi) is 3.83. The monoisotopic (exact) mass is 294 g/mol. The summed E-state index contributed by atoms with van der Waals surface area (Å²) < 4.78 is 7.08. The molecule has 2 aromatic rings. The van der Waals surface area contributed by atoms with E-state index in [0.717, 1.165) is 0 Å². The van der Waals surface area contributed by atoms with Crippen LogP contribution in [0.2, 0.25) is 0 Å². The highest BCUT2D eigenvalue weighted by molar-refractivity contribution is 5.68. The molecule has 9 heteroatoms. The van der Waals surface area contributed by atoms with Crippen molar-refractivity contribution in [3.05, 3.63) is 18.3 Å². The molecule has 0 amide bonds. The second-order valence-electron chi connectivity index (χ2n) is 5.24. The summed E-state index contributed by atoms with van der Waals surface area (Å²) in [5.74, 6) is 0. The van der Waals surface area contributed by atoms with E-state index in [1.54, 1.807) is 18.3 Å². The number of aliphatic hydroxyl groups excluding tert-OH is 2. The van der Waals surface area contributed by atoms with Gasteiger partial charge >= 0.3 is 0 Å². The summed E-state index contributed by atoms with van der Waals surface area (Å²) in [6.07, 6.45) is -0.902. The molecule has 9 nitrogen and oxygen atoms in total. The van der Waals surface area contributed by atoms with Crippen molar-refractivity contribution in [1.29, 1.82) is 0 Å². The van der Waals surface area contributed by atoms with Crippen molar-refractivity contribution in [3.8, 4) is 0 Å². The molecular weight excluding hydrogens is 276 g/mol. The Morgan fingerprint density at radius 1 is 1.29 bits per heavy atom. The first-order valence-corrected chi connectivity index (χ1v) is 6.71. The average molecular weight is 294 g/mol. The van der Waals surface area contributed by atoms with Crippen LogP contribution in [0.3, 0.4) is 0 Å². The Labute approximate surface area is 120 Å². The Balaban J connectivity index is 1.72. The normalized spacial score (nSPS) is 33.4. The average Bonchev–Trinajstić information content (AvgIpc) is 2.88. The number of ether oxygens (including phenoxy) is 1. The summed E-state index contributed by atoms with van der Waals surface area (Å²) in [7, 11) is 0. The van der Waals surface area contributed by atoms with Crippen molar-refractivity contribution in [3.63, 3.8) is 0 Å². The molecule has 0 unspecified atom stereocenters. The van der Waals surface area contributed by atoms with Gasteiger partial charge in [-0.15, -0.1) is 5.10 Å². The van der Waals surface area contributed by atoms with Crippen molar-refractivity contribution in [2.24, 2.45) is 11.5 Å². The van der Waals surface area contributed by atoms with Crippen LogP contribution in [0.1, 0.15) is 6.42 Å². The Morgan fingerprint density at radius 3 is 2.90 bits per heavy atom. The van der Waals surface area contributed by atoms with Crippen LogP contribution in [-0.4, -0.2) is 60.6 Å². The van der Waals surface area contributed by atoms with Crippen LogP contribution >= 0.6 is 0 Å². The van der Waals surface area contributed by atoms with E-state index in [2.05, 4.69) is 15.3 Å². The Hall–Kier alpha value is -1.65. The predicted octanol–water partition coefficient (Wildman–Crippen LogP) is -2.05. The maximum absolute atomic E-state index is 10.0. The molecule has 6 N–H and O–H groups in total. The summed E-state index contributed by atoms with van der Waals surface area (Å²) in [6.45, 7) is 0.0326. The van der Waals surface area contributed by atoms with Gasteiger partial charge in [0.15, 0.2) is 5.65 Å². The molecule has 5 atom stereocenters. The SMILES string of the molecule is N[C@@H]1C[C@H](N)[C@@H](O)[C@H](O)[C@H]1OCn1nnc2cccnc21. The van der Waals surface area contributed by atoms with E-state index in [9.17, 15) is 10.2 Å². The zero-order valence-corrected chi connectivity index (χ0v) is 11.3. The summed E-state index contributed by atoms with van der Waals surface area (Å²) in [5.41, 5.74) is 12.9. The van der Waals surface area contributed by atoms with E-state index in [4.69, 9.17) is 16.2 Å². The second-order valence-corrected chi connectivity index (χ2v) is 5.24. The number of pyridine rings is 1. The lowest BCUT2D eigenvalue weighted by Crippen LogP contribution is -2.62. The van der Waals surface area contributed by atoms with Gasteiger partial charge in [-0.3, -0.25) is 0 Å². The van der Waals surface area contributed by atoms with Gasteiger partial charge in [0.05, 0.1) is 6.10 Å². The van der Waals surface area contributed by atoms with Gasteiger partial charge in [-0.1, -0.05) is 5.21 Å². The van der Waals surface area contributed by atoms with Gasteiger partial charge < -0.3 is 26.4 Å². The first kappa shape index (κ1) is 14.3. The summed E-state index contributed by atoms with van der Waals surface area (Å²) in [6, 6.07) is 2.54. The van der Waals surface area contributed by atoms with Crippen molar-refractivity contribution in [1.82, 2.24) is 20.0 Å². The molecule has 1 aliphatic rings. The molecular formula is C12H18N6O3. The molecule has 1 saturated carbocycles. The number of fused-ring (bicyclic) bond motifs is 1. The third-order valence-corrected chi connectivity index (χ3v) is 3.75. The Morgan fingerprint density at radius 2 is 2.10 bits per heavy atom. The highest BCUT2D eigenvalue weighted by atomic mass is 16.5. The van der Waals surface area contributed by atoms with Crippen LogP contribution in [0, 0.1) is 0 Å². The van der Waals surface area contributed by atoms with Gasteiger partial charge in [0.25, 0.3) is 0 Å². The molecule has 0 aromatic carbocycles. The summed E-state index contributed by atoms with van der Waals surface area (Å²) >= 11 is 0. The van der Waals surface area contributed by atoms with Gasteiger partial charge in [0.2, 0.25) is 0 Å². The fourth-order valence-corrected chi connectivity index (χ4v) is 2.56. The zero-order valence-electron chi connectivity index (χ0n) is 11.3. The number of hydrogen-bond donors (Lipinski definition) is 4. The first-order chi connectivity index (χ1) is 10.1. The lowest BCUT2D eigenvalue weighted by molar-refractivity contribution is -0.142. The second kappa shape index (κ2) is 5.62. The van der Waals surface area contributed by atoms with Crippen molar-refractivity contribution in [2.75, 3.05) is 0 Å². The predicted molar refractivity (Wildman–Crippen MR) is 72.8 cm³/mol. The van der Waals surface area contributed by atoms with E-state index in [0.29, 0.717) is 17.6 Å². The summed E-state index contributed by atoms with van der Waals surface area (Å²) in [4.78, 5) is 4.16. The lowest BCUT2D eigenvalue weighted by atomic mass is 9.85. The van der Waals surface area contributed by atoms with Crippen LogP contribution in [0.4, 0.5) is 0 Å². The minimum Gasteiger partial charge on any atom is -0.389 e. The smallest absolute Gasteiger partial charge is 0.180 e. The molecule has 2 heterocycles. The maximum Gasteiger partial charge on any atom is 0.180 e. The fraction of sp³-hybridized carbons (Fsp3) is 0.583. The number of aliphatic hydroxyl groups is 2. The standard InChI is InChI=1S/C12H18N6O3/c13-6-4-7(14)11(10(20)9(6)19)21-5-18-12-8(16-17-18)2-1-3-15-12/h1-3,6-7,9-11,19-20H,4-5,13-14H2/t6-,7+,9+,10-,11-/m0/s1. The number of rotatable bonds is 3. The van der Waals surface area contributed by atoms with Gasteiger partial charge in [-0.25, -0.2) is 9.67 Å². The Bertz CT molecular complexity index is 620. The largest absolute Gasteiger partial charge is 0.389 e. The molecule has 0 bridgehead atoms. The molecule has 0 aliphatic heterocycles. The van der Waals surface area contributed by atoms with Crippen molar-refractivity contribution < 1.29 is 14.9 Å². The number of aromatic nitrogens is 4. The van der Waals surface area contributed by atoms with Crippen LogP contribution in [0.5, 0.6) is 0 Å². The van der Waals surface area contributed by atoms with E-state index >= 15 is 0 Å². The molecule has 0 radical (unpaired) electrons. The van der Waals surface area contributed by atoms with Gasteiger partial charge in [0.1, 0.15) is 24.5 Å². The van der Waals surface area contributed by atoms with E-state index in [1.165, 1.54) is 4.68 Å². The molecule has 1 aliphatic carbocycles. The van der Waals surface area contributed by atoms with E-state index < -0.39 is 30.4 Å². The maximum atomic E-state index is 10.0. The van der Waals surface area contributed by atoms with Crippen LogP contribution in [-0.2, 0) is 11.5 Å². The topological polar surface area (TPSA) is 145 Å². The highest BCUT2D eigenvalue weighted by Gasteiger charge is 2.41. The highest BCUT2D eigenvalue weighted by Crippen LogP contribution is 2.21. The number of nitrogens with two attached hydrogens (primary N) is 2. The molecule has 114 valence electrons. The van der Waals surface area contributed by atoms with E-state index in [1.807, 2.05) is 0 Å². The van der Waals surface area contributed by atoms with Crippen molar-refractivity contribution >= 4 is 11.2 Å². The van der Waals surface area contributed by atoms with Crippen LogP contribution in [0.15, 0.2) is 18.3 Å². The minimum atomic E-state index is -1.13. The minimum absolute atomic E-state index is 0.0326.